The Labute approximate surface area is 68.9 Å². The third-order valence-corrected chi connectivity index (χ3v) is 1.12. The first-order valence-corrected chi connectivity index (χ1v) is 4.11. The van der Waals surface area contributed by atoms with Gasteiger partial charge in [0.05, 0.1) is 6.61 Å². The number of esters is 1. The van der Waals surface area contributed by atoms with E-state index in [1.165, 1.54) is 0 Å². The van der Waals surface area contributed by atoms with Crippen LogP contribution in [0.15, 0.2) is 0 Å². The number of hydrogen-bond donors (Lipinski definition) is 0. The number of carbonyl (C=O) groups is 1. The number of rotatable bonds is 3. The molecule has 11 heavy (non-hydrogen) atoms. The van der Waals surface area contributed by atoms with E-state index in [1.807, 2.05) is 27.7 Å². The van der Waals surface area contributed by atoms with Crippen LogP contribution in [0.4, 0.5) is 0 Å². The van der Waals surface area contributed by atoms with Gasteiger partial charge in [0.25, 0.3) is 0 Å². The van der Waals surface area contributed by atoms with E-state index < -0.39 is 0 Å². The molecule has 0 unspecified atom stereocenters. The van der Waals surface area contributed by atoms with Gasteiger partial charge in [-0.3, -0.25) is 4.79 Å². The summed E-state index contributed by atoms with van der Waals surface area (Å²) in [5.74, 6) is -0.0811. The van der Waals surface area contributed by atoms with E-state index in [2.05, 4.69) is 0 Å². The molecule has 0 aromatic carbocycles. The lowest BCUT2D eigenvalue weighted by atomic mass is 9.99. The first-order valence-electron chi connectivity index (χ1n) is 4.11. The van der Waals surface area contributed by atoms with Gasteiger partial charge >= 0.3 is 5.97 Å². The highest BCUT2D eigenvalue weighted by atomic mass is 16.5. The Balaban J connectivity index is 3.46. The Kier molecular flexibility index (Phi) is 4.16. The van der Waals surface area contributed by atoms with Crippen molar-refractivity contribution < 1.29 is 9.53 Å². The molecular formula is C9H18O2. The Morgan fingerprint density at radius 2 is 1.91 bits per heavy atom. The van der Waals surface area contributed by atoms with Crippen LogP contribution in [0.3, 0.4) is 0 Å². The molecule has 2 heteroatoms. The summed E-state index contributed by atoms with van der Waals surface area (Å²) < 4.78 is 5.01. The van der Waals surface area contributed by atoms with Crippen LogP contribution in [-0.2, 0) is 9.53 Å². The fourth-order valence-electron chi connectivity index (χ4n) is 0.573. The minimum Gasteiger partial charge on any atom is -0.465 e. The smallest absolute Gasteiger partial charge is 0.305 e. The molecule has 0 saturated heterocycles. The van der Waals surface area contributed by atoms with Crippen LogP contribution in [0, 0.1) is 5.41 Å². The lowest BCUT2D eigenvalue weighted by Gasteiger charge is -2.17. The summed E-state index contributed by atoms with van der Waals surface area (Å²) in [5, 5.41) is 0. The highest BCUT2D eigenvalue weighted by molar-refractivity contribution is 5.69. The molecule has 0 atom stereocenters. The monoisotopic (exact) mass is 158 g/mol. The third kappa shape index (κ3) is 7.37. The summed E-state index contributed by atoms with van der Waals surface area (Å²) in [7, 11) is 0. The minimum absolute atomic E-state index is 0.0811. The molecule has 0 spiro atoms. The molecule has 2 nitrogen and oxygen atoms in total. The zero-order valence-corrected chi connectivity index (χ0v) is 7.94. The molecule has 0 amide bonds. The molecule has 0 aromatic rings. The van der Waals surface area contributed by atoms with Gasteiger partial charge in [0.15, 0.2) is 0 Å². The zero-order valence-electron chi connectivity index (χ0n) is 7.94. The summed E-state index contributed by atoms with van der Waals surface area (Å²) >= 11 is 0. The van der Waals surface area contributed by atoms with Gasteiger partial charge in [-0.15, -0.1) is 0 Å². The summed E-state index contributed by atoms with van der Waals surface area (Å²) in [4.78, 5) is 10.9. The second kappa shape index (κ2) is 4.37. The van der Waals surface area contributed by atoms with Crippen molar-refractivity contribution in [3.05, 3.63) is 0 Å². The van der Waals surface area contributed by atoms with Gasteiger partial charge in [-0.25, -0.2) is 0 Å². The maximum absolute atomic E-state index is 10.9. The highest BCUT2D eigenvalue weighted by Gasteiger charge is 2.12. The first kappa shape index (κ1) is 10.5. The predicted molar refractivity (Wildman–Crippen MR) is 45.3 cm³/mol. The van der Waals surface area contributed by atoms with Crippen molar-refractivity contribution in [2.75, 3.05) is 6.61 Å². The number of ether oxygens (including phenoxy) is 1. The molecule has 0 N–H and O–H groups in total. The average Bonchev–Trinajstić information content (AvgIpc) is 1.83. The Hall–Kier alpha value is -0.530. The van der Waals surface area contributed by atoms with Crippen molar-refractivity contribution in [1.29, 1.82) is 0 Å². The minimum atomic E-state index is -0.0811. The van der Waals surface area contributed by atoms with E-state index in [0.717, 1.165) is 6.42 Å². The second-order valence-electron chi connectivity index (χ2n) is 3.97. The van der Waals surface area contributed by atoms with Gasteiger partial charge < -0.3 is 4.74 Å². The third-order valence-electron chi connectivity index (χ3n) is 1.12. The van der Waals surface area contributed by atoms with Gasteiger partial charge in [-0.05, 0) is 11.8 Å². The van der Waals surface area contributed by atoms with Gasteiger partial charge in [-0.1, -0.05) is 27.7 Å². The summed E-state index contributed by atoms with van der Waals surface area (Å²) in [6, 6.07) is 0. The maximum Gasteiger partial charge on any atom is 0.305 e. The van der Waals surface area contributed by atoms with Crippen molar-refractivity contribution in [2.24, 2.45) is 5.41 Å². The van der Waals surface area contributed by atoms with Crippen molar-refractivity contribution in [3.8, 4) is 0 Å². The van der Waals surface area contributed by atoms with Crippen molar-refractivity contribution in [1.82, 2.24) is 0 Å². The molecular weight excluding hydrogens is 140 g/mol. The molecule has 0 rings (SSSR count). The topological polar surface area (TPSA) is 26.3 Å². The average molecular weight is 158 g/mol. The molecule has 0 aliphatic carbocycles. The van der Waals surface area contributed by atoms with E-state index in [0.29, 0.717) is 13.0 Å². The Bertz CT molecular complexity index is 122. The summed E-state index contributed by atoms with van der Waals surface area (Å²) in [6.45, 7) is 8.63. The quantitative estimate of drug-likeness (QED) is 0.589. The standard InChI is InChI=1S/C9H18O2/c1-5-6-8(10)11-7-9(2,3)4/h5-7H2,1-4H3. The molecule has 0 aromatic heterocycles. The zero-order chi connectivity index (χ0) is 8.91. The van der Waals surface area contributed by atoms with Gasteiger partial charge in [-0.2, -0.15) is 0 Å². The lowest BCUT2D eigenvalue weighted by Crippen LogP contribution is -2.17. The van der Waals surface area contributed by atoms with Crippen LogP contribution < -0.4 is 0 Å². The number of carbonyl (C=O) groups excluding carboxylic acids is 1. The van der Waals surface area contributed by atoms with Crippen LogP contribution in [-0.4, -0.2) is 12.6 Å². The van der Waals surface area contributed by atoms with Crippen LogP contribution in [0.2, 0.25) is 0 Å². The largest absolute Gasteiger partial charge is 0.465 e. The van der Waals surface area contributed by atoms with Gasteiger partial charge in [0.1, 0.15) is 0 Å². The van der Waals surface area contributed by atoms with E-state index in [4.69, 9.17) is 4.74 Å². The second-order valence-corrected chi connectivity index (χ2v) is 3.97. The summed E-state index contributed by atoms with van der Waals surface area (Å²) in [5.41, 5.74) is 0.0867. The van der Waals surface area contributed by atoms with E-state index in [1.54, 1.807) is 0 Å². The van der Waals surface area contributed by atoms with Crippen molar-refractivity contribution >= 4 is 5.97 Å². The molecule has 0 aliphatic heterocycles. The van der Waals surface area contributed by atoms with Gasteiger partial charge in [0.2, 0.25) is 0 Å². The SMILES string of the molecule is CCCC(=O)OCC(C)(C)C. The fourth-order valence-corrected chi connectivity index (χ4v) is 0.573. The van der Waals surface area contributed by atoms with E-state index in [-0.39, 0.29) is 11.4 Å². The number of hydrogen-bond acceptors (Lipinski definition) is 2. The fraction of sp³-hybridized carbons (Fsp3) is 0.889. The van der Waals surface area contributed by atoms with E-state index >= 15 is 0 Å². The van der Waals surface area contributed by atoms with Crippen LogP contribution in [0.25, 0.3) is 0 Å². The molecule has 0 bridgehead atoms. The predicted octanol–water partition coefficient (Wildman–Crippen LogP) is 2.38. The molecule has 0 saturated carbocycles. The van der Waals surface area contributed by atoms with Crippen LogP contribution >= 0.6 is 0 Å². The molecule has 0 fully saturated rings. The Morgan fingerprint density at radius 3 is 2.27 bits per heavy atom. The molecule has 0 heterocycles. The van der Waals surface area contributed by atoms with Gasteiger partial charge in [0, 0.05) is 6.42 Å². The van der Waals surface area contributed by atoms with Crippen LogP contribution in [0.5, 0.6) is 0 Å². The highest BCUT2D eigenvalue weighted by Crippen LogP contribution is 2.13. The lowest BCUT2D eigenvalue weighted by molar-refractivity contribution is -0.146. The molecule has 0 radical (unpaired) electrons. The van der Waals surface area contributed by atoms with Crippen LogP contribution in [0.1, 0.15) is 40.5 Å². The van der Waals surface area contributed by atoms with Crippen molar-refractivity contribution in [3.63, 3.8) is 0 Å². The maximum atomic E-state index is 10.9. The normalized spacial score (nSPS) is 11.3. The van der Waals surface area contributed by atoms with E-state index in [9.17, 15) is 4.79 Å². The molecule has 66 valence electrons. The summed E-state index contributed by atoms with van der Waals surface area (Å²) in [6.07, 6.45) is 1.40. The first-order chi connectivity index (χ1) is 4.95. The van der Waals surface area contributed by atoms with Crippen molar-refractivity contribution in [2.45, 2.75) is 40.5 Å². The Morgan fingerprint density at radius 1 is 1.36 bits per heavy atom. The molecule has 0 aliphatic rings.